The molecule has 2 aromatic carbocycles. The van der Waals surface area contributed by atoms with Gasteiger partial charge in [-0.3, -0.25) is 0 Å². The predicted octanol–water partition coefficient (Wildman–Crippen LogP) is 2.72. The number of carbonyl (C=O) groups is 2. The Morgan fingerprint density at radius 3 is 2.19 bits per heavy atom. The second-order valence-electron chi connectivity index (χ2n) is 4.87. The van der Waals surface area contributed by atoms with Gasteiger partial charge in [0.2, 0.25) is 0 Å². The van der Waals surface area contributed by atoms with Gasteiger partial charge in [0, 0.05) is 5.92 Å². The molecule has 4 heteroatoms. The molecular weight excluding hydrogens is 267 g/mol. The lowest BCUT2D eigenvalue weighted by atomic mass is 9.98. The number of hydrogen-bond acceptors (Lipinski definition) is 3. The highest BCUT2D eigenvalue weighted by atomic mass is 16.6. The quantitative estimate of drug-likeness (QED) is 0.693. The Morgan fingerprint density at radius 2 is 1.62 bits per heavy atom. The van der Waals surface area contributed by atoms with Gasteiger partial charge in [-0.15, -0.1) is 0 Å². The first-order valence-corrected chi connectivity index (χ1v) is 6.83. The average Bonchev–Trinajstić information content (AvgIpc) is 2.85. The maximum absolute atomic E-state index is 11.5. The number of amides is 1. The number of aldehydes is 1. The first kappa shape index (κ1) is 13.4. The number of nitrogens with one attached hydrogen (secondary N) is 1. The molecule has 0 saturated carbocycles. The Labute approximate surface area is 122 Å². The minimum atomic E-state index is -0.566. The zero-order valence-electron chi connectivity index (χ0n) is 11.4. The highest BCUT2D eigenvalue weighted by molar-refractivity contribution is 5.79. The van der Waals surface area contributed by atoms with Crippen molar-refractivity contribution in [3.8, 4) is 11.1 Å². The van der Waals surface area contributed by atoms with Crippen molar-refractivity contribution in [2.24, 2.45) is 0 Å². The summed E-state index contributed by atoms with van der Waals surface area (Å²) in [6, 6.07) is 16.3. The van der Waals surface area contributed by atoms with Gasteiger partial charge < -0.3 is 14.8 Å². The lowest BCUT2D eigenvalue weighted by Gasteiger charge is -2.14. The van der Waals surface area contributed by atoms with Crippen molar-refractivity contribution in [3.63, 3.8) is 0 Å². The van der Waals surface area contributed by atoms with Crippen LogP contribution in [0.5, 0.6) is 0 Å². The van der Waals surface area contributed by atoms with Crippen LogP contribution in [0.4, 0.5) is 4.79 Å². The topological polar surface area (TPSA) is 55.4 Å². The Morgan fingerprint density at radius 1 is 1.05 bits per heavy atom. The first-order valence-electron chi connectivity index (χ1n) is 6.83. The molecule has 0 saturated heterocycles. The molecular formula is C17H15NO3. The van der Waals surface area contributed by atoms with Gasteiger partial charge in [0.1, 0.15) is 12.9 Å². The van der Waals surface area contributed by atoms with Crippen LogP contribution in [-0.2, 0) is 9.53 Å². The van der Waals surface area contributed by atoms with Crippen molar-refractivity contribution in [1.29, 1.82) is 0 Å². The predicted molar refractivity (Wildman–Crippen MR) is 79.1 cm³/mol. The van der Waals surface area contributed by atoms with Gasteiger partial charge in [0.15, 0.2) is 0 Å². The Kier molecular flexibility index (Phi) is 3.69. The maximum Gasteiger partial charge on any atom is 0.407 e. The molecule has 106 valence electrons. The summed E-state index contributed by atoms with van der Waals surface area (Å²) in [6.45, 7) is 0.232. The molecule has 0 fully saturated rings. The van der Waals surface area contributed by atoms with Crippen molar-refractivity contribution in [2.45, 2.75) is 5.92 Å². The lowest BCUT2D eigenvalue weighted by molar-refractivity contribution is -0.107. The largest absolute Gasteiger partial charge is 0.449 e. The number of hydrogen-bond donors (Lipinski definition) is 1. The van der Waals surface area contributed by atoms with Crippen LogP contribution in [0.2, 0.25) is 0 Å². The molecule has 0 heterocycles. The van der Waals surface area contributed by atoms with E-state index in [1.807, 2.05) is 24.3 Å². The van der Waals surface area contributed by atoms with Crippen LogP contribution in [0.3, 0.4) is 0 Å². The molecule has 1 amide bonds. The molecule has 0 aromatic heterocycles. The fourth-order valence-electron chi connectivity index (χ4n) is 2.77. The molecule has 1 aliphatic rings. The number of fused-ring (bicyclic) bond motifs is 3. The van der Waals surface area contributed by atoms with Crippen molar-refractivity contribution >= 4 is 12.4 Å². The van der Waals surface area contributed by atoms with Gasteiger partial charge in [-0.2, -0.15) is 0 Å². The number of benzene rings is 2. The van der Waals surface area contributed by atoms with Gasteiger partial charge in [-0.05, 0) is 22.3 Å². The van der Waals surface area contributed by atoms with Crippen molar-refractivity contribution < 1.29 is 14.3 Å². The maximum atomic E-state index is 11.5. The summed E-state index contributed by atoms with van der Waals surface area (Å²) in [5, 5.41) is 2.38. The van der Waals surface area contributed by atoms with E-state index in [9.17, 15) is 9.59 Å². The van der Waals surface area contributed by atoms with Gasteiger partial charge in [0.25, 0.3) is 0 Å². The molecule has 2 aromatic rings. The smallest absolute Gasteiger partial charge is 0.407 e. The standard InChI is InChI=1S/C17H15NO3/c19-10-9-18-17(20)21-11-16-14-7-3-1-5-12(14)13-6-2-4-8-15(13)16/h1-8,10,16H,9,11H2,(H,18,20)/i17+1. The van der Waals surface area contributed by atoms with Crippen LogP contribution >= 0.6 is 0 Å². The van der Waals surface area contributed by atoms with Crippen LogP contribution in [-0.4, -0.2) is 25.5 Å². The molecule has 0 spiro atoms. The molecule has 3 rings (SSSR count). The van der Waals surface area contributed by atoms with Crippen molar-refractivity contribution in [1.82, 2.24) is 5.32 Å². The summed E-state index contributed by atoms with van der Waals surface area (Å²) in [7, 11) is 0. The molecule has 21 heavy (non-hydrogen) atoms. The molecule has 0 aliphatic heterocycles. The molecule has 0 atom stereocenters. The molecule has 0 unspecified atom stereocenters. The number of ether oxygens (including phenoxy) is 1. The first-order chi connectivity index (χ1) is 10.3. The van der Waals surface area contributed by atoms with Crippen LogP contribution in [0, 0.1) is 0 Å². The van der Waals surface area contributed by atoms with E-state index in [0.717, 1.165) is 0 Å². The zero-order chi connectivity index (χ0) is 14.7. The number of rotatable bonds is 4. The fraction of sp³-hybridized carbons (Fsp3) is 0.176. The zero-order valence-corrected chi connectivity index (χ0v) is 11.4. The summed E-state index contributed by atoms with van der Waals surface area (Å²) < 4.78 is 5.23. The Bertz CT molecular complexity index is 636. The van der Waals surface area contributed by atoms with Crippen LogP contribution in [0.1, 0.15) is 17.0 Å². The SMILES string of the molecule is O=CCN[13C](=O)OCC1c2ccccc2-c2ccccc21. The lowest BCUT2D eigenvalue weighted by Crippen LogP contribution is -2.27. The second kappa shape index (κ2) is 5.79. The van der Waals surface area contributed by atoms with E-state index < -0.39 is 6.09 Å². The molecule has 1 aliphatic carbocycles. The summed E-state index contributed by atoms with van der Waals surface area (Å²) in [6.07, 6.45) is 0.0606. The molecule has 0 radical (unpaired) electrons. The van der Waals surface area contributed by atoms with Crippen molar-refractivity contribution in [3.05, 3.63) is 59.7 Å². The molecule has 4 nitrogen and oxygen atoms in total. The van der Waals surface area contributed by atoms with E-state index in [1.54, 1.807) is 0 Å². The Hall–Kier alpha value is -2.62. The number of alkyl carbamates (subject to hydrolysis) is 1. The third-order valence-corrected chi connectivity index (χ3v) is 3.67. The third-order valence-electron chi connectivity index (χ3n) is 3.67. The monoisotopic (exact) mass is 282 g/mol. The minimum Gasteiger partial charge on any atom is -0.449 e. The summed E-state index contributed by atoms with van der Waals surface area (Å²) in [4.78, 5) is 21.7. The van der Waals surface area contributed by atoms with E-state index in [4.69, 9.17) is 4.74 Å². The van der Waals surface area contributed by atoms with Gasteiger partial charge in [0.05, 0.1) is 6.54 Å². The van der Waals surface area contributed by atoms with Gasteiger partial charge in [-0.1, -0.05) is 48.5 Å². The van der Waals surface area contributed by atoms with Crippen LogP contribution in [0.25, 0.3) is 11.1 Å². The van der Waals surface area contributed by atoms with Gasteiger partial charge in [-0.25, -0.2) is 4.79 Å². The van der Waals surface area contributed by atoms with E-state index in [-0.39, 0.29) is 19.1 Å². The van der Waals surface area contributed by atoms with E-state index in [0.29, 0.717) is 6.29 Å². The highest BCUT2D eigenvalue weighted by Crippen LogP contribution is 2.44. The normalized spacial score (nSPS) is 12.4. The fourth-order valence-corrected chi connectivity index (χ4v) is 2.77. The van der Waals surface area contributed by atoms with Gasteiger partial charge >= 0.3 is 6.09 Å². The number of carbonyl (C=O) groups excluding carboxylic acids is 2. The summed E-state index contributed by atoms with van der Waals surface area (Å²) in [5.41, 5.74) is 4.72. The summed E-state index contributed by atoms with van der Waals surface area (Å²) >= 11 is 0. The van der Waals surface area contributed by atoms with Crippen molar-refractivity contribution in [2.75, 3.05) is 13.2 Å². The van der Waals surface area contributed by atoms with E-state index >= 15 is 0 Å². The van der Waals surface area contributed by atoms with E-state index in [2.05, 4.69) is 29.6 Å². The summed E-state index contributed by atoms with van der Waals surface area (Å²) in [5.74, 6) is 0.0411. The molecule has 1 N–H and O–H groups in total. The van der Waals surface area contributed by atoms with Crippen LogP contribution in [0.15, 0.2) is 48.5 Å². The highest BCUT2D eigenvalue weighted by Gasteiger charge is 2.28. The van der Waals surface area contributed by atoms with E-state index in [1.165, 1.54) is 22.3 Å². The average molecular weight is 282 g/mol. The Balaban J connectivity index is 1.82. The second-order valence-corrected chi connectivity index (χ2v) is 4.87. The molecule has 0 bridgehead atoms. The third kappa shape index (κ3) is 2.52. The van der Waals surface area contributed by atoms with Crippen LogP contribution < -0.4 is 5.32 Å². The minimum absolute atomic E-state index is 0.0311.